The van der Waals surface area contributed by atoms with Gasteiger partial charge >= 0.3 is 6.18 Å². The molecule has 0 saturated carbocycles. The van der Waals surface area contributed by atoms with Crippen molar-refractivity contribution >= 4 is 15.7 Å². The molecule has 15 heteroatoms. The molecule has 3 heterocycles. The van der Waals surface area contributed by atoms with Crippen LogP contribution in [-0.4, -0.2) is 33.2 Å². The Morgan fingerprint density at radius 3 is 2.30 bits per heavy atom. The Labute approximate surface area is 204 Å². The molecule has 5 aromatic rings. The first-order valence-electron chi connectivity index (χ1n) is 10.2. The maximum Gasteiger partial charge on any atom is 0.416 e. The molecule has 0 unspecified atom stereocenters. The highest BCUT2D eigenvalue weighted by Crippen LogP contribution is 2.32. The van der Waals surface area contributed by atoms with Crippen molar-refractivity contribution in [2.45, 2.75) is 17.5 Å². The van der Waals surface area contributed by atoms with Crippen LogP contribution < -0.4 is 5.14 Å². The first-order chi connectivity index (χ1) is 17.4. The third-order valence-corrected chi connectivity index (χ3v) is 6.16. The van der Waals surface area contributed by atoms with E-state index >= 15 is 0 Å². The summed E-state index contributed by atoms with van der Waals surface area (Å²) in [6.45, 7) is 0. The number of benzene rings is 2. The van der Waals surface area contributed by atoms with Gasteiger partial charge in [0.1, 0.15) is 5.69 Å². The van der Waals surface area contributed by atoms with Crippen molar-refractivity contribution in [2.75, 3.05) is 0 Å². The number of alkyl halides is 5. The van der Waals surface area contributed by atoms with Gasteiger partial charge in [-0.05, 0) is 30.3 Å². The number of primary sulfonamides is 1. The van der Waals surface area contributed by atoms with Crippen LogP contribution in [-0.2, 0) is 16.2 Å². The predicted octanol–water partition coefficient (Wildman–Crippen LogP) is 4.72. The minimum Gasteiger partial charge on any atom is -0.332 e. The SMILES string of the molecule is NS(=O)(=O)c1cccc(-c2noc(-c3cc4nc(-c5ccc(C(F)(F)F)cc5)cc(C(F)F)n4n3)n2)c1. The predicted molar refractivity (Wildman–Crippen MR) is 118 cm³/mol. The molecule has 190 valence electrons. The molecule has 37 heavy (non-hydrogen) atoms. The summed E-state index contributed by atoms with van der Waals surface area (Å²) in [7, 11) is -3.98. The normalized spacial score (nSPS) is 12.5. The van der Waals surface area contributed by atoms with E-state index in [0.29, 0.717) is 0 Å². The number of nitrogens with two attached hydrogens (primary N) is 1. The van der Waals surface area contributed by atoms with Crippen molar-refractivity contribution in [1.82, 2.24) is 24.7 Å². The Morgan fingerprint density at radius 2 is 1.65 bits per heavy atom. The zero-order valence-electron chi connectivity index (χ0n) is 18.2. The summed E-state index contributed by atoms with van der Waals surface area (Å²) in [5.41, 5.74) is -1.05. The number of hydrogen-bond donors (Lipinski definition) is 1. The van der Waals surface area contributed by atoms with E-state index in [1.54, 1.807) is 0 Å². The molecule has 3 aromatic heterocycles. The second-order valence-electron chi connectivity index (χ2n) is 7.74. The van der Waals surface area contributed by atoms with Crippen LogP contribution in [0, 0.1) is 0 Å². The molecule has 0 radical (unpaired) electrons. The molecule has 0 spiro atoms. The number of sulfonamides is 1. The van der Waals surface area contributed by atoms with E-state index in [0.717, 1.165) is 34.8 Å². The van der Waals surface area contributed by atoms with Crippen molar-refractivity contribution in [3.8, 4) is 34.2 Å². The first-order valence-corrected chi connectivity index (χ1v) is 11.8. The number of rotatable bonds is 5. The lowest BCUT2D eigenvalue weighted by molar-refractivity contribution is -0.137. The van der Waals surface area contributed by atoms with Crippen LogP contribution in [0.1, 0.15) is 17.7 Å². The van der Waals surface area contributed by atoms with E-state index in [4.69, 9.17) is 9.66 Å². The summed E-state index contributed by atoms with van der Waals surface area (Å²) in [6, 6.07) is 11.7. The second-order valence-corrected chi connectivity index (χ2v) is 9.30. The topological polar surface area (TPSA) is 129 Å². The Bertz CT molecular complexity index is 1730. The Hall–Kier alpha value is -4.24. The maximum atomic E-state index is 13.8. The molecule has 0 atom stereocenters. The van der Waals surface area contributed by atoms with Crippen LogP contribution in [0.4, 0.5) is 22.0 Å². The number of halogens is 5. The summed E-state index contributed by atoms with van der Waals surface area (Å²) in [6.07, 6.45) is -7.54. The molecule has 2 N–H and O–H groups in total. The van der Waals surface area contributed by atoms with E-state index < -0.39 is 33.9 Å². The van der Waals surface area contributed by atoms with Gasteiger partial charge in [-0.2, -0.15) is 23.3 Å². The van der Waals surface area contributed by atoms with Crippen LogP contribution in [0.15, 0.2) is 70.1 Å². The van der Waals surface area contributed by atoms with Crippen LogP contribution >= 0.6 is 0 Å². The van der Waals surface area contributed by atoms with Gasteiger partial charge in [0.05, 0.1) is 16.2 Å². The minimum atomic E-state index is -4.55. The van der Waals surface area contributed by atoms with Crippen molar-refractivity contribution in [1.29, 1.82) is 0 Å². The van der Waals surface area contributed by atoms with E-state index in [-0.39, 0.29) is 44.8 Å². The zero-order valence-corrected chi connectivity index (χ0v) is 19.0. The van der Waals surface area contributed by atoms with Gasteiger partial charge in [0.25, 0.3) is 12.3 Å². The monoisotopic (exact) mass is 536 g/mol. The van der Waals surface area contributed by atoms with Crippen LogP contribution in [0.3, 0.4) is 0 Å². The van der Waals surface area contributed by atoms with Crippen LogP contribution in [0.5, 0.6) is 0 Å². The Balaban J connectivity index is 1.55. The van der Waals surface area contributed by atoms with Gasteiger partial charge in [-0.1, -0.05) is 29.4 Å². The van der Waals surface area contributed by atoms with Gasteiger partial charge in [0.15, 0.2) is 11.3 Å². The summed E-state index contributed by atoms with van der Waals surface area (Å²) in [5, 5.41) is 13.0. The second kappa shape index (κ2) is 8.70. The molecule has 0 aliphatic heterocycles. The molecule has 0 bridgehead atoms. The molecular formula is C22H13F5N6O3S. The van der Waals surface area contributed by atoms with E-state index in [9.17, 15) is 30.4 Å². The maximum absolute atomic E-state index is 13.8. The highest BCUT2D eigenvalue weighted by atomic mass is 32.2. The third-order valence-electron chi connectivity index (χ3n) is 5.25. The fourth-order valence-corrected chi connectivity index (χ4v) is 4.05. The highest BCUT2D eigenvalue weighted by molar-refractivity contribution is 7.89. The minimum absolute atomic E-state index is 0.00833. The van der Waals surface area contributed by atoms with Crippen molar-refractivity contribution < 1.29 is 34.9 Å². The van der Waals surface area contributed by atoms with Crippen molar-refractivity contribution in [2.24, 2.45) is 5.14 Å². The number of nitrogens with zero attached hydrogens (tertiary/aromatic N) is 5. The summed E-state index contributed by atoms with van der Waals surface area (Å²) in [5.74, 6) is -0.178. The molecule has 0 aliphatic carbocycles. The molecule has 0 aliphatic rings. The van der Waals surface area contributed by atoms with Crippen LogP contribution in [0.25, 0.3) is 39.9 Å². The highest BCUT2D eigenvalue weighted by Gasteiger charge is 2.30. The van der Waals surface area contributed by atoms with E-state index in [2.05, 4.69) is 20.2 Å². The fourth-order valence-electron chi connectivity index (χ4n) is 3.49. The Morgan fingerprint density at radius 1 is 0.919 bits per heavy atom. The van der Waals surface area contributed by atoms with Gasteiger partial charge in [-0.3, -0.25) is 0 Å². The zero-order chi connectivity index (χ0) is 26.5. The molecule has 9 nitrogen and oxygen atoms in total. The largest absolute Gasteiger partial charge is 0.416 e. The van der Waals surface area contributed by atoms with Crippen molar-refractivity contribution in [3.05, 3.63) is 71.9 Å². The third kappa shape index (κ3) is 4.77. The lowest BCUT2D eigenvalue weighted by Crippen LogP contribution is -2.11. The van der Waals surface area contributed by atoms with E-state index in [1.165, 1.54) is 30.3 Å². The Kier molecular flexibility index (Phi) is 5.75. The average Bonchev–Trinajstić information content (AvgIpc) is 3.50. The van der Waals surface area contributed by atoms with Gasteiger partial charge in [0, 0.05) is 17.2 Å². The molecular weight excluding hydrogens is 523 g/mol. The molecule has 0 saturated heterocycles. The number of fused-ring (bicyclic) bond motifs is 1. The first kappa shape index (κ1) is 24.5. The van der Waals surface area contributed by atoms with E-state index in [1.807, 2.05) is 0 Å². The van der Waals surface area contributed by atoms with Gasteiger partial charge in [-0.15, -0.1) is 0 Å². The molecule has 5 rings (SSSR count). The lowest BCUT2D eigenvalue weighted by atomic mass is 10.1. The molecule has 2 aromatic carbocycles. The summed E-state index contributed by atoms with van der Waals surface area (Å²) in [4.78, 5) is 8.22. The van der Waals surface area contributed by atoms with Crippen molar-refractivity contribution in [3.63, 3.8) is 0 Å². The quantitative estimate of drug-likeness (QED) is 0.322. The smallest absolute Gasteiger partial charge is 0.332 e. The average molecular weight is 536 g/mol. The summed E-state index contributed by atoms with van der Waals surface area (Å²) >= 11 is 0. The van der Waals surface area contributed by atoms with Gasteiger partial charge in [-0.25, -0.2) is 31.8 Å². The molecule has 0 amide bonds. The lowest BCUT2D eigenvalue weighted by Gasteiger charge is -2.09. The summed E-state index contributed by atoms with van der Waals surface area (Å²) < 4.78 is 95.5. The number of hydrogen-bond acceptors (Lipinski definition) is 7. The molecule has 0 fully saturated rings. The van der Waals surface area contributed by atoms with Gasteiger partial charge in [0.2, 0.25) is 15.8 Å². The standard InChI is InChI=1S/C22H13F5N6O3S/c23-19(24)17-9-15(11-4-6-13(7-5-11)22(25,26)27)29-18-10-16(31-33(17)18)21-30-20(32-36-21)12-2-1-3-14(8-12)37(28,34)35/h1-10,19H,(H2,28,34,35). The van der Waals surface area contributed by atoms with Gasteiger partial charge < -0.3 is 4.52 Å². The fraction of sp³-hybridized carbons (Fsp3) is 0.0909. The number of aromatic nitrogens is 5. The van der Waals surface area contributed by atoms with Crippen LogP contribution in [0.2, 0.25) is 0 Å².